The van der Waals surface area contributed by atoms with E-state index in [0.29, 0.717) is 24.0 Å². The Morgan fingerprint density at radius 3 is 2.80 bits per heavy atom. The second kappa shape index (κ2) is 6.05. The number of hydrogen-bond acceptors (Lipinski definition) is 3. The number of aryl methyl sites for hydroxylation is 2. The summed E-state index contributed by atoms with van der Waals surface area (Å²) in [7, 11) is 0. The summed E-state index contributed by atoms with van der Waals surface area (Å²) < 4.78 is 1.94. The van der Waals surface area contributed by atoms with E-state index >= 15 is 0 Å². The van der Waals surface area contributed by atoms with E-state index in [1.54, 1.807) is 19.1 Å². The molecular weight excluding hydrogens is 256 g/mol. The highest BCUT2D eigenvalue weighted by Gasteiger charge is 2.17. The van der Waals surface area contributed by atoms with Crippen molar-refractivity contribution in [2.45, 2.75) is 45.8 Å². The Hall–Kier alpha value is -1.88. The quantitative estimate of drug-likeness (QED) is 0.849. The number of benzene rings is 1. The second-order valence-corrected chi connectivity index (χ2v) is 5.05. The van der Waals surface area contributed by atoms with Crippen molar-refractivity contribution in [1.29, 1.82) is 0 Å². The zero-order chi connectivity index (χ0) is 14.7. The maximum Gasteiger partial charge on any atom is 0.337 e. The van der Waals surface area contributed by atoms with Gasteiger partial charge in [-0.05, 0) is 31.9 Å². The first-order chi connectivity index (χ1) is 9.54. The van der Waals surface area contributed by atoms with Gasteiger partial charge in [-0.25, -0.2) is 9.78 Å². The number of aromatic nitrogens is 2. The number of carbonyl (C=O) groups is 1. The van der Waals surface area contributed by atoms with Gasteiger partial charge in [0.1, 0.15) is 5.82 Å². The molecule has 0 radical (unpaired) electrons. The van der Waals surface area contributed by atoms with E-state index in [1.165, 1.54) is 0 Å². The van der Waals surface area contributed by atoms with Crippen molar-refractivity contribution in [2.75, 3.05) is 0 Å². The van der Waals surface area contributed by atoms with Crippen molar-refractivity contribution >= 4 is 17.0 Å². The minimum Gasteiger partial charge on any atom is -0.478 e. The Morgan fingerprint density at radius 1 is 1.45 bits per heavy atom. The summed E-state index contributed by atoms with van der Waals surface area (Å²) in [5.41, 5.74) is 1.63. The number of aliphatic hydroxyl groups excluding tert-OH is 1. The van der Waals surface area contributed by atoms with E-state index < -0.39 is 12.1 Å². The zero-order valence-corrected chi connectivity index (χ0v) is 11.8. The summed E-state index contributed by atoms with van der Waals surface area (Å²) in [5.74, 6) is -0.0614. The van der Waals surface area contributed by atoms with Crippen LogP contribution in [-0.4, -0.2) is 31.8 Å². The molecule has 0 aliphatic carbocycles. The monoisotopic (exact) mass is 276 g/mol. The molecule has 2 rings (SSSR count). The normalized spacial score (nSPS) is 12.8. The highest BCUT2D eigenvalue weighted by Crippen LogP contribution is 2.22. The Labute approximate surface area is 117 Å². The lowest BCUT2D eigenvalue weighted by Crippen LogP contribution is -2.11. The lowest BCUT2D eigenvalue weighted by Gasteiger charge is -2.11. The molecule has 1 aromatic heterocycles. The van der Waals surface area contributed by atoms with Gasteiger partial charge in [0.25, 0.3) is 0 Å². The van der Waals surface area contributed by atoms with Gasteiger partial charge in [0.05, 0.1) is 22.7 Å². The Bertz CT molecular complexity index is 617. The van der Waals surface area contributed by atoms with E-state index in [-0.39, 0.29) is 5.56 Å². The van der Waals surface area contributed by atoms with Gasteiger partial charge in [-0.2, -0.15) is 0 Å². The molecular formula is C15H20N2O3. The van der Waals surface area contributed by atoms with Crippen LogP contribution in [0.1, 0.15) is 42.9 Å². The SMILES string of the molecule is CCCc1nc2cccc(C(=O)O)c2n1CCC(C)O. The summed E-state index contributed by atoms with van der Waals surface area (Å²) in [6, 6.07) is 5.15. The summed E-state index contributed by atoms with van der Waals surface area (Å²) in [6.07, 6.45) is 1.91. The number of rotatable bonds is 6. The number of carboxylic acids is 1. The van der Waals surface area contributed by atoms with Crippen molar-refractivity contribution in [3.05, 3.63) is 29.6 Å². The van der Waals surface area contributed by atoms with Crippen molar-refractivity contribution < 1.29 is 15.0 Å². The summed E-state index contributed by atoms with van der Waals surface area (Å²) >= 11 is 0. The Balaban J connectivity index is 2.58. The molecule has 0 fully saturated rings. The molecule has 0 aliphatic rings. The number of fused-ring (bicyclic) bond motifs is 1. The number of aliphatic hydroxyl groups is 1. The van der Waals surface area contributed by atoms with Crippen molar-refractivity contribution in [3.8, 4) is 0 Å². The molecule has 5 nitrogen and oxygen atoms in total. The minimum atomic E-state index is -0.947. The summed E-state index contributed by atoms with van der Waals surface area (Å²) in [5, 5.41) is 18.8. The molecule has 2 N–H and O–H groups in total. The fourth-order valence-electron chi connectivity index (χ4n) is 2.38. The minimum absolute atomic E-state index is 0.267. The van der Waals surface area contributed by atoms with Gasteiger partial charge in [0, 0.05) is 13.0 Å². The Kier molecular flexibility index (Phi) is 4.39. The van der Waals surface area contributed by atoms with Gasteiger partial charge in [-0.1, -0.05) is 13.0 Å². The molecule has 0 saturated heterocycles. The van der Waals surface area contributed by atoms with Crippen molar-refractivity contribution in [1.82, 2.24) is 9.55 Å². The third-order valence-electron chi connectivity index (χ3n) is 3.32. The lowest BCUT2D eigenvalue weighted by molar-refractivity contribution is 0.0698. The molecule has 0 amide bonds. The fourth-order valence-corrected chi connectivity index (χ4v) is 2.38. The smallest absolute Gasteiger partial charge is 0.337 e. The molecule has 1 heterocycles. The molecule has 1 aromatic carbocycles. The van der Waals surface area contributed by atoms with Crippen LogP contribution in [0, 0.1) is 0 Å². The first-order valence-corrected chi connectivity index (χ1v) is 6.94. The lowest BCUT2D eigenvalue weighted by atomic mass is 10.1. The highest BCUT2D eigenvalue weighted by atomic mass is 16.4. The number of hydrogen-bond donors (Lipinski definition) is 2. The van der Waals surface area contributed by atoms with Crippen LogP contribution in [0.3, 0.4) is 0 Å². The number of para-hydroxylation sites is 1. The van der Waals surface area contributed by atoms with E-state index in [1.807, 2.05) is 10.6 Å². The molecule has 1 atom stereocenters. The van der Waals surface area contributed by atoms with E-state index in [0.717, 1.165) is 18.7 Å². The van der Waals surface area contributed by atoms with Crippen LogP contribution < -0.4 is 0 Å². The van der Waals surface area contributed by atoms with Gasteiger partial charge in [0.2, 0.25) is 0 Å². The fraction of sp³-hybridized carbons (Fsp3) is 0.467. The van der Waals surface area contributed by atoms with Crippen LogP contribution >= 0.6 is 0 Å². The number of imidazole rings is 1. The highest BCUT2D eigenvalue weighted by molar-refractivity contribution is 6.01. The predicted octanol–water partition coefficient (Wildman–Crippen LogP) is 2.46. The van der Waals surface area contributed by atoms with E-state index in [2.05, 4.69) is 11.9 Å². The van der Waals surface area contributed by atoms with Gasteiger partial charge < -0.3 is 14.8 Å². The zero-order valence-electron chi connectivity index (χ0n) is 11.8. The maximum absolute atomic E-state index is 11.4. The van der Waals surface area contributed by atoms with Crippen LogP contribution in [0.25, 0.3) is 11.0 Å². The molecule has 108 valence electrons. The Morgan fingerprint density at radius 2 is 2.20 bits per heavy atom. The average molecular weight is 276 g/mol. The van der Waals surface area contributed by atoms with Gasteiger partial charge >= 0.3 is 5.97 Å². The second-order valence-electron chi connectivity index (χ2n) is 5.05. The topological polar surface area (TPSA) is 75.3 Å². The third-order valence-corrected chi connectivity index (χ3v) is 3.32. The van der Waals surface area contributed by atoms with Crippen LogP contribution in [0.2, 0.25) is 0 Å². The van der Waals surface area contributed by atoms with Crippen molar-refractivity contribution in [3.63, 3.8) is 0 Å². The van der Waals surface area contributed by atoms with Gasteiger partial charge in [-0.15, -0.1) is 0 Å². The molecule has 0 saturated carbocycles. The maximum atomic E-state index is 11.4. The molecule has 1 unspecified atom stereocenters. The third kappa shape index (κ3) is 2.82. The standard InChI is InChI=1S/C15H20N2O3/c1-3-5-13-16-12-7-4-6-11(15(19)20)14(12)17(13)9-8-10(2)18/h4,6-7,10,18H,3,5,8-9H2,1-2H3,(H,19,20). The van der Waals surface area contributed by atoms with Gasteiger partial charge in [0.15, 0.2) is 0 Å². The molecule has 0 aliphatic heterocycles. The summed E-state index contributed by atoms with van der Waals surface area (Å²) in [4.78, 5) is 15.9. The molecule has 0 bridgehead atoms. The number of carboxylic acid groups (broad SMARTS) is 1. The van der Waals surface area contributed by atoms with Crippen LogP contribution in [0.5, 0.6) is 0 Å². The molecule has 5 heteroatoms. The number of aromatic carboxylic acids is 1. The van der Waals surface area contributed by atoms with Crippen LogP contribution in [0.4, 0.5) is 0 Å². The van der Waals surface area contributed by atoms with E-state index in [4.69, 9.17) is 0 Å². The summed E-state index contributed by atoms with van der Waals surface area (Å²) in [6.45, 7) is 4.38. The molecule has 2 aromatic rings. The first-order valence-electron chi connectivity index (χ1n) is 6.94. The molecule has 20 heavy (non-hydrogen) atoms. The van der Waals surface area contributed by atoms with Crippen molar-refractivity contribution in [2.24, 2.45) is 0 Å². The van der Waals surface area contributed by atoms with Crippen LogP contribution in [-0.2, 0) is 13.0 Å². The van der Waals surface area contributed by atoms with Crippen LogP contribution in [0.15, 0.2) is 18.2 Å². The van der Waals surface area contributed by atoms with Gasteiger partial charge in [-0.3, -0.25) is 0 Å². The molecule has 0 spiro atoms. The first kappa shape index (κ1) is 14.5. The number of nitrogens with zero attached hydrogens (tertiary/aromatic N) is 2. The van der Waals surface area contributed by atoms with E-state index in [9.17, 15) is 15.0 Å². The average Bonchev–Trinajstić information content (AvgIpc) is 2.73. The predicted molar refractivity (Wildman–Crippen MR) is 77.0 cm³/mol. The largest absolute Gasteiger partial charge is 0.478 e.